The van der Waals surface area contributed by atoms with Crippen LogP contribution < -0.4 is 21.7 Å². The molecule has 0 aliphatic rings. The summed E-state index contributed by atoms with van der Waals surface area (Å²) in [4.78, 5) is 11.1. The zero-order chi connectivity index (χ0) is 15.2. The normalized spacial score (nSPS) is 10.4. The Hall–Kier alpha value is -0.380. The van der Waals surface area contributed by atoms with Crippen molar-refractivity contribution in [3.63, 3.8) is 0 Å². The number of benzene rings is 1. The Balaban J connectivity index is 0. The first-order valence-electron chi connectivity index (χ1n) is 6.98. The first-order chi connectivity index (χ1) is 9.48. The van der Waals surface area contributed by atoms with E-state index >= 15 is 0 Å². The SMILES string of the molecule is CC[N+](CC)(CC)CCOc1ccc(I)c(C(=O)O)c1.O.[Br-]. The maximum absolute atomic E-state index is 11.1. The molecule has 3 N–H and O–H groups in total. The molecule has 0 heterocycles. The number of hydrogen-bond acceptors (Lipinski definition) is 2. The molecular formula is C15H25BrINO4. The molecule has 1 aromatic carbocycles. The summed E-state index contributed by atoms with van der Waals surface area (Å²) in [5.41, 5.74) is 0.297. The molecule has 22 heavy (non-hydrogen) atoms. The maximum atomic E-state index is 11.1. The molecule has 1 rings (SSSR count). The summed E-state index contributed by atoms with van der Waals surface area (Å²) in [7, 11) is 0. The van der Waals surface area contributed by atoms with Gasteiger partial charge in [0.1, 0.15) is 18.9 Å². The highest BCUT2D eigenvalue weighted by molar-refractivity contribution is 14.1. The lowest BCUT2D eigenvalue weighted by Crippen LogP contribution is -3.00. The summed E-state index contributed by atoms with van der Waals surface area (Å²) < 4.78 is 7.48. The lowest BCUT2D eigenvalue weighted by Gasteiger charge is -2.35. The maximum Gasteiger partial charge on any atom is 0.336 e. The Labute approximate surface area is 156 Å². The van der Waals surface area contributed by atoms with E-state index in [0.29, 0.717) is 17.9 Å². The number of ether oxygens (including phenoxy) is 1. The molecule has 0 aliphatic heterocycles. The van der Waals surface area contributed by atoms with Gasteiger partial charge in [0, 0.05) is 3.57 Å². The van der Waals surface area contributed by atoms with Gasteiger partial charge in [0.15, 0.2) is 0 Å². The molecule has 0 fully saturated rings. The van der Waals surface area contributed by atoms with Gasteiger partial charge >= 0.3 is 5.97 Å². The zero-order valence-electron chi connectivity index (χ0n) is 13.2. The highest BCUT2D eigenvalue weighted by Gasteiger charge is 2.20. The van der Waals surface area contributed by atoms with Crippen molar-refractivity contribution in [2.75, 3.05) is 32.8 Å². The fourth-order valence-corrected chi connectivity index (χ4v) is 2.83. The van der Waals surface area contributed by atoms with Crippen molar-refractivity contribution in [2.45, 2.75) is 20.8 Å². The number of aromatic carboxylic acids is 1. The van der Waals surface area contributed by atoms with Gasteiger partial charge in [-0.2, -0.15) is 0 Å². The van der Waals surface area contributed by atoms with Crippen LogP contribution in [0.15, 0.2) is 18.2 Å². The number of rotatable bonds is 8. The van der Waals surface area contributed by atoms with Crippen molar-refractivity contribution in [1.82, 2.24) is 0 Å². The van der Waals surface area contributed by atoms with Crippen LogP contribution in [0.4, 0.5) is 0 Å². The van der Waals surface area contributed by atoms with Gasteiger partial charge in [0.05, 0.1) is 25.2 Å². The van der Waals surface area contributed by atoms with Gasteiger partial charge in [0.25, 0.3) is 0 Å². The molecule has 0 radical (unpaired) electrons. The Morgan fingerprint density at radius 1 is 1.23 bits per heavy atom. The highest BCUT2D eigenvalue weighted by atomic mass is 127. The van der Waals surface area contributed by atoms with Gasteiger partial charge in [-0.15, -0.1) is 0 Å². The number of carboxylic acid groups (broad SMARTS) is 1. The first-order valence-corrected chi connectivity index (χ1v) is 8.06. The lowest BCUT2D eigenvalue weighted by atomic mass is 10.2. The van der Waals surface area contributed by atoms with Gasteiger partial charge in [-0.05, 0) is 61.6 Å². The van der Waals surface area contributed by atoms with Gasteiger partial charge in [-0.25, -0.2) is 4.79 Å². The molecular weight excluding hydrogens is 465 g/mol. The average molecular weight is 490 g/mol. The molecule has 5 nitrogen and oxygen atoms in total. The molecule has 1 aromatic rings. The summed E-state index contributed by atoms with van der Waals surface area (Å²) in [6.07, 6.45) is 0. The summed E-state index contributed by atoms with van der Waals surface area (Å²) in [6.45, 7) is 11.4. The predicted molar refractivity (Wildman–Crippen MR) is 92.0 cm³/mol. The number of likely N-dealkylation sites (N-methyl/N-ethyl adjacent to an activating group) is 1. The molecule has 0 saturated heterocycles. The van der Waals surface area contributed by atoms with Crippen molar-refractivity contribution < 1.29 is 41.6 Å². The second-order valence-corrected chi connectivity index (χ2v) is 5.97. The van der Waals surface area contributed by atoms with Crippen molar-refractivity contribution in [2.24, 2.45) is 0 Å². The summed E-state index contributed by atoms with van der Waals surface area (Å²) in [5, 5.41) is 9.10. The van der Waals surface area contributed by atoms with Crippen LogP contribution in [0.3, 0.4) is 0 Å². The van der Waals surface area contributed by atoms with Crippen molar-refractivity contribution in [3.8, 4) is 5.75 Å². The third-order valence-corrected chi connectivity index (χ3v) is 4.96. The standard InChI is InChI=1S/C15H22INO3.BrH.H2O/c1-4-17(5-2,6-3)9-10-20-12-7-8-14(16)13(11-12)15(18)19;;/h7-8,11H,4-6,9-10H2,1-3H3;1H;1H2. The highest BCUT2D eigenvalue weighted by Crippen LogP contribution is 2.20. The molecule has 0 aliphatic carbocycles. The number of halogens is 2. The third-order valence-electron chi connectivity index (χ3n) is 4.02. The van der Waals surface area contributed by atoms with Crippen LogP contribution in [-0.2, 0) is 0 Å². The van der Waals surface area contributed by atoms with Gasteiger partial charge in [-0.1, -0.05) is 0 Å². The van der Waals surface area contributed by atoms with E-state index in [9.17, 15) is 4.79 Å². The van der Waals surface area contributed by atoms with E-state index < -0.39 is 5.97 Å². The van der Waals surface area contributed by atoms with E-state index in [0.717, 1.165) is 34.2 Å². The minimum atomic E-state index is -0.916. The van der Waals surface area contributed by atoms with Crippen LogP contribution in [0, 0.1) is 3.57 Å². The minimum absolute atomic E-state index is 0. The number of carboxylic acids is 1. The third kappa shape index (κ3) is 6.39. The van der Waals surface area contributed by atoms with E-state index in [-0.39, 0.29) is 22.5 Å². The quantitative estimate of drug-likeness (QED) is 0.392. The topological polar surface area (TPSA) is 78.0 Å². The molecule has 0 atom stereocenters. The number of nitrogens with zero attached hydrogens (tertiary/aromatic N) is 1. The van der Waals surface area contributed by atoms with Crippen LogP contribution >= 0.6 is 22.6 Å². The molecule has 0 aromatic heterocycles. The minimum Gasteiger partial charge on any atom is -1.00 e. The van der Waals surface area contributed by atoms with E-state index in [1.807, 2.05) is 28.7 Å². The molecule has 0 unspecified atom stereocenters. The zero-order valence-corrected chi connectivity index (χ0v) is 17.0. The van der Waals surface area contributed by atoms with E-state index in [1.54, 1.807) is 12.1 Å². The second-order valence-electron chi connectivity index (χ2n) is 4.81. The van der Waals surface area contributed by atoms with Gasteiger partial charge < -0.3 is 36.8 Å². The molecule has 0 spiro atoms. The van der Waals surface area contributed by atoms with E-state index in [2.05, 4.69) is 20.8 Å². The number of carbonyl (C=O) groups is 1. The fourth-order valence-electron chi connectivity index (χ4n) is 2.26. The lowest BCUT2D eigenvalue weighted by molar-refractivity contribution is -0.923. The molecule has 128 valence electrons. The Morgan fingerprint density at radius 2 is 1.77 bits per heavy atom. The largest absolute Gasteiger partial charge is 1.00 e. The molecule has 7 heteroatoms. The smallest absolute Gasteiger partial charge is 0.336 e. The summed E-state index contributed by atoms with van der Waals surface area (Å²) >= 11 is 2.02. The summed E-state index contributed by atoms with van der Waals surface area (Å²) in [6, 6.07) is 5.20. The van der Waals surface area contributed by atoms with Crippen LogP contribution in [-0.4, -0.2) is 53.8 Å². The van der Waals surface area contributed by atoms with E-state index in [4.69, 9.17) is 9.84 Å². The Morgan fingerprint density at radius 3 is 2.23 bits per heavy atom. The summed E-state index contributed by atoms with van der Waals surface area (Å²) in [5.74, 6) is -0.287. The van der Waals surface area contributed by atoms with Crippen LogP contribution in [0.5, 0.6) is 5.75 Å². The van der Waals surface area contributed by atoms with Crippen molar-refractivity contribution in [3.05, 3.63) is 27.3 Å². The Bertz CT molecular complexity index is 459. The molecule has 0 saturated carbocycles. The van der Waals surface area contributed by atoms with Gasteiger partial charge in [0.2, 0.25) is 0 Å². The van der Waals surface area contributed by atoms with Crippen LogP contribution in [0.2, 0.25) is 0 Å². The van der Waals surface area contributed by atoms with Crippen LogP contribution in [0.25, 0.3) is 0 Å². The number of hydrogen-bond donors (Lipinski definition) is 1. The first kappa shape index (κ1) is 23.9. The monoisotopic (exact) mass is 489 g/mol. The number of quaternary nitrogens is 1. The van der Waals surface area contributed by atoms with Crippen LogP contribution in [0.1, 0.15) is 31.1 Å². The second kappa shape index (κ2) is 11.2. The molecule has 0 amide bonds. The fraction of sp³-hybridized carbons (Fsp3) is 0.533. The predicted octanol–water partition coefficient (Wildman–Crippen LogP) is -0.576. The van der Waals surface area contributed by atoms with Gasteiger partial charge in [-0.3, -0.25) is 0 Å². The average Bonchev–Trinajstić information content (AvgIpc) is 2.45. The Kier molecular flexibility index (Phi) is 12.2. The molecule has 0 bridgehead atoms. The van der Waals surface area contributed by atoms with E-state index in [1.165, 1.54) is 0 Å². The van der Waals surface area contributed by atoms with Crippen molar-refractivity contribution in [1.29, 1.82) is 0 Å². The van der Waals surface area contributed by atoms with Crippen molar-refractivity contribution >= 4 is 28.6 Å².